The maximum absolute atomic E-state index is 14.0. The number of carbonyl (C=O) groups excluding carboxylic acids is 1. The smallest absolute Gasteiger partial charge is 0.254 e. The molecule has 3 aliphatic rings. The first-order valence-electron chi connectivity index (χ1n) is 12.8. The number of fused-ring (bicyclic) bond motifs is 1. The first-order valence-corrected chi connectivity index (χ1v) is 12.8. The molecule has 1 N–H and O–H groups in total. The number of nitrogens with one attached hydrogen (secondary N) is 1. The minimum Gasteiger partial charge on any atom is -0.491 e. The number of ether oxygens (including phenoxy) is 2. The first-order chi connectivity index (χ1) is 16.6. The normalized spacial score (nSPS) is 25.4. The highest BCUT2D eigenvalue weighted by Gasteiger charge is 2.45. The van der Waals surface area contributed by atoms with Crippen molar-refractivity contribution in [3.8, 4) is 5.75 Å². The zero-order chi connectivity index (χ0) is 23.5. The highest BCUT2D eigenvalue weighted by molar-refractivity contribution is 5.96. The van der Waals surface area contributed by atoms with Gasteiger partial charge in [0, 0.05) is 56.2 Å². The topological polar surface area (TPSA) is 54.0 Å². The number of rotatable bonds is 6. The molecule has 0 unspecified atom stereocenters. The summed E-state index contributed by atoms with van der Waals surface area (Å²) in [4.78, 5) is 18.5. The summed E-state index contributed by atoms with van der Waals surface area (Å²) in [5.74, 6) is 1.85. The molecule has 3 saturated heterocycles. The van der Waals surface area contributed by atoms with Crippen LogP contribution >= 0.6 is 0 Å². The molecule has 0 aliphatic carbocycles. The Kier molecular flexibility index (Phi) is 7.18. The number of amides is 1. The van der Waals surface area contributed by atoms with Crippen molar-refractivity contribution in [2.24, 2.45) is 5.92 Å². The van der Waals surface area contributed by atoms with Crippen molar-refractivity contribution in [3.63, 3.8) is 0 Å². The van der Waals surface area contributed by atoms with Crippen molar-refractivity contribution in [1.82, 2.24) is 15.1 Å². The second-order valence-corrected chi connectivity index (χ2v) is 10.1. The molecular weight excluding hydrogens is 426 g/mol. The highest BCUT2D eigenvalue weighted by Crippen LogP contribution is 2.41. The van der Waals surface area contributed by atoms with Crippen LogP contribution in [-0.2, 0) is 11.3 Å². The number of carbonyl (C=O) groups is 1. The lowest BCUT2D eigenvalue weighted by atomic mass is 9.82. The SMILES string of the molecule is CC(C)Oc1ccc([C@H]2CN(C(=O)c3ccccc3CN3CCOCC3)[C@@H]3CCNC[C@H]23)cc1. The monoisotopic (exact) mass is 463 g/mol. The Morgan fingerprint density at radius 1 is 1.12 bits per heavy atom. The lowest BCUT2D eigenvalue weighted by Crippen LogP contribution is -2.46. The average molecular weight is 464 g/mol. The van der Waals surface area contributed by atoms with Gasteiger partial charge in [-0.1, -0.05) is 30.3 Å². The number of nitrogens with zero attached hydrogens (tertiary/aromatic N) is 2. The Morgan fingerprint density at radius 3 is 2.65 bits per heavy atom. The third kappa shape index (κ3) is 4.99. The average Bonchev–Trinajstić information content (AvgIpc) is 3.24. The molecule has 0 aromatic heterocycles. The molecule has 0 saturated carbocycles. The van der Waals surface area contributed by atoms with Gasteiger partial charge in [0.2, 0.25) is 0 Å². The van der Waals surface area contributed by atoms with Crippen molar-refractivity contribution in [2.45, 2.75) is 44.9 Å². The quantitative estimate of drug-likeness (QED) is 0.711. The van der Waals surface area contributed by atoms with Crippen molar-refractivity contribution in [3.05, 3.63) is 65.2 Å². The predicted molar refractivity (Wildman–Crippen MR) is 133 cm³/mol. The fraction of sp³-hybridized carbons (Fsp3) is 0.536. The molecule has 182 valence electrons. The fourth-order valence-corrected chi connectivity index (χ4v) is 5.82. The number of benzene rings is 2. The first kappa shape index (κ1) is 23.3. The van der Waals surface area contributed by atoms with E-state index in [0.29, 0.717) is 11.8 Å². The summed E-state index contributed by atoms with van der Waals surface area (Å²) in [6.07, 6.45) is 1.17. The van der Waals surface area contributed by atoms with Crippen molar-refractivity contribution < 1.29 is 14.3 Å². The molecule has 5 rings (SSSR count). The molecule has 3 atom stereocenters. The van der Waals surface area contributed by atoms with Crippen LogP contribution in [0, 0.1) is 5.92 Å². The molecule has 34 heavy (non-hydrogen) atoms. The van der Waals surface area contributed by atoms with Gasteiger partial charge in [0.25, 0.3) is 5.91 Å². The van der Waals surface area contributed by atoms with E-state index >= 15 is 0 Å². The predicted octanol–water partition coefficient (Wildman–Crippen LogP) is 3.52. The van der Waals surface area contributed by atoms with Gasteiger partial charge in [0.05, 0.1) is 19.3 Å². The van der Waals surface area contributed by atoms with Crippen molar-refractivity contribution in [1.29, 1.82) is 0 Å². The summed E-state index contributed by atoms with van der Waals surface area (Å²) in [7, 11) is 0. The van der Waals surface area contributed by atoms with Gasteiger partial charge in [0.1, 0.15) is 5.75 Å². The summed E-state index contributed by atoms with van der Waals surface area (Å²) in [5.41, 5.74) is 3.28. The van der Waals surface area contributed by atoms with Crippen LogP contribution in [-0.4, -0.2) is 73.8 Å². The summed E-state index contributed by atoms with van der Waals surface area (Å²) >= 11 is 0. The molecule has 0 spiro atoms. The van der Waals surface area contributed by atoms with Crippen molar-refractivity contribution >= 4 is 5.91 Å². The summed E-state index contributed by atoms with van der Waals surface area (Å²) < 4.78 is 11.3. The van der Waals surface area contributed by atoms with E-state index in [0.717, 1.165) is 75.8 Å². The molecular formula is C28H37N3O3. The summed E-state index contributed by atoms with van der Waals surface area (Å²) in [6.45, 7) is 11.0. The zero-order valence-corrected chi connectivity index (χ0v) is 20.4. The Hall–Kier alpha value is -2.41. The number of morpholine rings is 1. The van der Waals surface area contributed by atoms with Crippen LogP contribution in [0.5, 0.6) is 5.75 Å². The highest BCUT2D eigenvalue weighted by atomic mass is 16.5. The Labute approximate surface area is 203 Å². The van der Waals surface area contributed by atoms with E-state index < -0.39 is 0 Å². The van der Waals surface area contributed by atoms with Crippen LogP contribution in [0.4, 0.5) is 0 Å². The number of piperidine rings is 1. The molecule has 0 radical (unpaired) electrons. The van der Waals surface area contributed by atoms with Gasteiger partial charge in [-0.3, -0.25) is 9.69 Å². The Morgan fingerprint density at radius 2 is 1.88 bits per heavy atom. The van der Waals surface area contributed by atoms with Crippen molar-refractivity contribution in [2.75, 3.05) is 45.9 Å². The van der Waals surface area contributed by atoms with Gasteiger partial charge in [-0.15, -0.1) is 0 Å². The summed E-state index contributed by atoms with van der Waals surface area (Å²) in [6, 6.07) is 17.0. The van der Waals surface area contributed by atoms with E-state index in [1.54, 1.807) is 0 Å². The number of hydrogen-bond acceptors (Lipinski definition) is 5. The molecule has 1 amide bonds. The van der Waals surface area contributed by atoms with Crippen LogP contribution < -0.4 is 10.1 Å². The minimum absolute atomic E-state index is 0.162. The van der Waals surface area contributed by atoms with Gasteiger partial charge in [-0.05, 0) is 56.1 Å². The van der Waals surface area contributed by atoms with E-state index in [9.17, 15) is 4.79 Å². The van der Waals surface area contributed by atoms with Gasteiger partial charge in [0.15, 0.2) is 0 Å². The van der Waals surface area contributed by atoms with E-state index in [4.69, 9.17) is 9.47 Å². The number of likely N-dealkylation sites (tertiary alicyclic amines) is 1. The van der Waals surface area contributed by atoms with Gasteiger partial charge in [-0.25, -0.2) is 0 Å². The van der Waals surface area contributed by atoms with E-state index in [2.05, 4.69) is 45.4 Å². The maximum Gasteiger partial charge on any atom is 0.254 e. The largest absolute Gasteiger partial charge is 0.491 e. The Balaban J connectivity index is 1.37. The van der Waals surface area contributed by atoms with Gasteiger partial charge < -0.3 is 19.7 Å². The van der Waals surface area contributed by atoms with E-state index in [1.807, 2.05) is 32.0 Å². The maximum atomic E-state index is 14.0. The van der Waals surface area contributed by atoms with Crippen LogP contribution in [0.15, 0.2) is 48.5 Å². The second-order valence-electron chi connectivity index (χ2n) is 10.1. The molecule has 6 heteroatoms. The molecule has 3 heterocycles. The lowest BCUT2D eigenvalue weighted by molar-refractivity contribution is 0.0339. The third-order valence-electron chi connectivity index (χ3n) is 7.49. The fourth-order valence-electron chi connectivity index (χ4n) is 5.82. The molecule has 6 nitrogen and oxygen atoms in total. The lowest BCUT2D eigenvalue weighted by Gasteiger charge is -2.33. The number of hydrogen-bond donors (Lipinski definition) is 1. The molecule has 2 aromatic rings. The Bertz CT molecular complexity index is 971. The van der Waals surface area contributed by atoms with Crippen LogP contribution in [0.25, 0.3) is 0 Å². The van der Waals surface area contributed by atoms with E-state index in [-0.39, 0.29) is 18.1 Å². The second kappa shape index (κ2) is 10.5. The van der Waals surface area contributed by atoms with Crippen LogP contribution in [0.3, 0.4) is 0 Å². The molecule has 3 aliphatic heterocycles. The minimum atomic E-state index is 0.162. The molecule has 0 bridgehead atoms. The zero-order valence-electron chi connectivity index (χ0n) is 20.4. The molecule has 2 aromatic carbocycles. The van der Waals surface area contributed by atoms with Gasteiger partial charge >= 0.3 is 0 Å². The molecule has 3 fully saturated rings. The van der Waals surface area contributed by atoms with E-state index in [1.165, 1.54) is 5.56 Å². The summed E-state index contributed by atoms with van der Waals surface area (Å²) in [5, 5.41) is 3.58. The standard InChI is InChI=1S/C28H37N3O3/c1-20(2)34-23-9-7-21(8-10-23)26-19-31(27-11-12-29-17-25(26)27)28(32)24-6-4-3-5-22(24)18-30-13-15-33-16-14-30/h3-10,20,25-27,29H,11-19H2,1-2H3/t25-,26-,27-/m1/s1. The van der Waals surface area contributed by atoms with Gasteiger partial charge in [-0.2, -0.15) is 0 Å². The van der Waals surface area contributed by atoms with Crippen LogP contribution in [0.1, 0.15) is 47.7 Å². The third-order valence-corrected chi connectivity index (χ3v) is 7.49. The van der Waals surface area contributed by atoms with Crippen LogP contribution in [0.2, 0.25) is 0 Å².